The predicted molar refractivity (Wildman–Crippen MR) is 73.7 cm³/mol. The molecule has 1 aromatic carbocycles. The monoisotopic (exact) mass is 294 g/mol. The number of carbonyl (C=O) groups excluding carboxylic acids is 1. The summed E-state index contributed by atoms with van der Waals surface area (Å²) < 4.78 is 21.6. The van der Waals surface area contributed by atoms with Crippen LogP contribution in [0.5, 0.6) is 17.2 Å². The lowest BCUT2D eigenvalue weighted by Crippen LogP contribution is -2.22. The molecular formula is C14H18N2O5. The third-order valence-electron chi connectivity index (χ3n) is 3.29. The predicted octanol–water partition coefficient (Wildman–Crippen LogP) is 1.01. The smallest absolute Gasteiger partial charge is 0.407 e. The molecule has 1 atom stereocenters. The van der Waals surface area contributed by atoms with Crippen LogP contribution in [0.3, 0.4) is 0 Å². The molecule has 0 radical (unpaired) electrons. The maximum atomic E-state index is 11.0. The lowest BCUT2D eigenvalue weighted by Gasteiger charge is -2.15. The van der Waals surface area contributed by atoms with Gasteiger partial charge in [-0.05, 0) is 12.6 Å². The molecule has 1 saturated heterocycles. The van der Waals surface area contributed by atoms with E-state index in [4.69, 9.17) is 18.9 Å². The maximum Gasteiger partial charge on any atom is 0.407 e. The highest BCUT2D eigenvalue weighted by Gasteiger charge is 2.24. The van der Waals surface area contributed by atoms with Crippen molar-refractivity contribution in [3.8, 4) is 17.2 Å². The first-order valence-corrected chi connectivity index (χ1v) is 6.96. The van der Waals surface area contributed by atoms with Gasteiger partial charge in [0.25, 0.3) is 0 Å². The fourth-order valence-electron chi connectivity index (χ4n) is 2.21. The van der Waals surface area contributed by atoms with Crippen molar-refractivity contribution in [3.05, 3.63) is 17.7 Å². The van der Waals surface area contributed by atoms with Gasteiger partial charge in [0, 0.05) is 18.2 Å². The second-order valence-corrected chi connectivity index (χ2v) is 4.81. The number of benzene rings is 1. The summed E-state index contributed by atoms with van der Waals surface area (Å²) in [6.45, 7) is 4.56. The van der Waals surface area contributed by atoms with Crippen molar-refractivity contribution in [1.82, 2.24) is 10.6 Å². The summed E-state index contributed by atoms with van der Waals surface area (Å²) in [5.41, 5.74) is 0.985. The Morgan fingerprint density at radius 3 is 2.90 bits per heavy atom. The first kappa shape index (κ1) is 13.8. The Balaban J connectivity index is 1.71. The number of amides is 1. The molecule has 1 fully saturated rings. The number of cyclic esters (lactones) is 1. The number of fused-ring (bicyclic) bond motifs is 1. The number of hydrogen-bond acceptors (Lipinski definition) is 6. The van der Waals surface area contributed by atoms with Crippen LogP contribution in [0, 0.1) is 0 Å². The standard InChI is InChI=1S/C14H18N2O5/c1-2-15-5-9-3-12-13(20-8-19-12)4-11(9)18-7-10-6-16-14(17)21-10/h3-4,10,15H,2,5-8H2,1H3,(H,16,17). The van der Waals surface area contributed by atoms with Crippen LogP contribution in [0.2, 0.25) is 0 Å². The quantitative estimate of drug-likeness (QED) is 0.815. The zero-order valence-corrected chi connectivity index (χ0v) is 11.8. The summed E-state index contributed by atoms with van der Waals surface area (Å²) in [7, 11) is 0. The Labute approximate surface area is 122 Å². The van der Waals surface area contributed by atoms with Crippen LogP contribution in [-0.2, 0) is 11.3 Å². The molecule has 1 unspecified atom stereocenters. The summed E-state index contributed by atoms with van der Waals surface area (Å²) in [6.07, 6.45) is -0.669. The largest absolute Gasteiger partial charge is 0.489 e. The summed E-state index contributed by atoms with van der Waals surface area (Å²) in [5.74, 6) is 2.11. The second-order valence-electron chi connectivity index (χ2n) is 4.81. The molecule has 7 heteroatoms. The zero-order chi connectivity index (χ0) is 14.7. The van der Waals surface area contributed by atoms with Gasteiger partial charge in [0.1, 0.15) is 12.4 Å². The van der Waals surface area contributed by atoms with Gasteiger partial charge in [-0.15, -0.1) is 0 Å². The molecule has 0 saturated carbocycles. The Morgan fingerprint density at radius 1 is 1.38 bits per heavy atom. The topological polar surface area (TPSA) is 78.1 Å². The molecule has 1 amide bonds. The van der Waals surface area contributed by atoms with E-state index in [0.29, 0.717) is 31.2 Å². The molecule has 21 heavy (non-hydrogen) atoms. The Kier molecular flexibility index (Phi) is 4.01. The highest BCUT2D eigenvalue weighted by Crippen LogP contribution is 2.38. The van der Waals surface area contributed by atoms with E-state index in [9.17, 15) is 4.79 Å². The van der Waals surface area contributed by atoms with Gasteiger partial charge in [-0.1, -0.05) is 6.92 Å². The van der Waals surface area contributed by atoms with E-state index < -0.39 is 6.09 Å². The summed E-state index contributed by atoms with van der Waals surface area (Å²) in [6, 6.07) is 3.73. The Bertz CT molecular complexity index is 534. The molecule has 1 aromatic rings. The number of carbonyl (C=O) groups is 1. The van der Waals surface area contributed by atoms with E-state index in [1.165, 1.54) is 0 Å². The van der Waals surface area contributed by atoms with E-state index in [1.54, 1.807) is 0 Å². The molecule has 0 bridgehead atoms. The van der Waals surface area contributed by atoms with Crippen LogP contribution in [-0.4, -0.2) is 38.7 Å². The third kappa shape index (κ3) is 3.13. The van der Waals surface area contributed by atoms with E-state index in [0.717, 1.165) is 17.9 Å². The zero-order valence-electron chi connectivity index (χ0n) is 11.8. The molecule has 2 aliphatic heterocycles. The third-order valence-corrected chi connectivity index (χ3v) is 3.29. The van der Waals surface area contributed by atoms with Gasteiger partial charge in [-0.2, -0.15) is 0 Å². The minimum Gasteiger partial charge on any atom is -0.489 e. The van der Waals surface area contributed by atoms with E-state index in [-0.39, 0.29) is 12.9 Å². The van der Waals surface area contributed by atoms with Gasteiger partial charge in [-0.25, -0.2) is 4.79 Å². The van der Waals surface area contributed by atoms with Crippen molar-refractivity contribution < 1.29 is 23.7 Å². The molecule has 2 N–H and O–H groups in total. The summed E-state index contributed by atoms with van der Waals surface area (Å²) >= 11 is 0. The van der Waals surface area contributed by atoms with Crippen molar-refractivity contribution >= 4 is 6.09 Å². The molecule has 114 valence electrons. The first-order valence-electron chi connectivity index (χ1n) is 6.96. The van der Waals surface area contributed by atoms with Crippen molar-refractivity contribution in [2.75, 3.05) is 26.5 Å². The average molecular weight is 294 g/mol. The minimum absolute atomic E-state index is 0.226. The van der Waals surface area contributed by atoms with Crippen LogP contribution in [0.25, 0.3) is 0 Å². The van der Waals surface area contributed by atoms with E-state index >= 15 is 0 Å². The normalized spacial score (nSPS) is 19.3. The molecule has 0 spiro atoms. The van der Waals surface area contributed by atoms with Gasteiger partial charge in [0.05, 0.1) is 6.54 Å². The van der Waals surface area contributed by atoms with Crippen LogP contribution >= 0.6 is 0 Å². The van der Waals surface area contributed by atoms with Gasteiger partial charge in [-0.3, -0.25) is 0 Å². The number of nitrogens with one attached hydrogen (secondary N) is 2. The fourth-order valence-corrected chi connectivity index (χ4v) is 2.21. The number of ether oxygens (including phenoxy) is 4. The van der Waals surface area contributed by atoms with Crippen LogP contribution in [0.4, 0.5) is 4.79 Å². The van der Waals surface area contributed by atoms with Gasteiger partial charge < -0.3 is 29.6 Å². The molecule has 3 rings (SSSR count). The number of alkyl carbamates (subject to hydrolysis) is 1. The summed E-state index contributed by atoms with van der Waals surface area (Å²) in [5, 5.41) is 5.86. The second kappa shape index (κ2) is 6.09. The van der Waals surface area contributed by atoms with E-state index in [2.05, 4.69) is 10.6 Å². The lowest BCUT2D eigenvalue weighted by atomic mass is 10.1. The first-order chi connectivity index (χ1) is 10.3. The van der Waals surface area contributed by atoms with Gasteiger partial charge in [0.2, 0.25) is 6.79 Å². The fraction of sp³-hybridized carbons (Fsp3) is 0.500. The highest BCUT2D eigenvalue weighted by atomic mass is 16.7. The lowest BCUT2D eigenvalue weighted by molar-refractivity contribution is 0.104. The van der Waals surface area contributed by atoms with Crippen molar-refractivity contribution in [2.45, 2.75) is 19.6 Å². The van der Waals surface area contributed by atoms with Crippen LogP contribution in [0.1, 0.15) is 12.5 Å². The Hall–Kier alpha value is -2.15. The maximum absolute atomic E-state index is 11.0. The molecule has 2 heterocycles. The van der Waals surface area contributed by atoms with Crippen molar-refractivity contribution in [1.29, 1.82) is 0 Å². The molecule has 2 aliphatic rings. The highest BCUT2D eigenvalue weighted by molar-refractivity contribution is 5.69. The van der Waals surface area contributed by atoms with Crippen LogP contribution in [0.15, 0.2) is 12.1 Å². The van der Waals surface area contributed by atoms with Crippen LogP contribution < -0.4 is 24.8 Å². The summed E-state index contributed by atoms with van der Waals surface area (Å²) in [4.78, 5) is 11.0. The molecular weight excluding hydrogens is 276 g/mol. The average Bonchev–Trinajstić information content (AvgIpc) is 3.10. The number of rotatable bonds is 6. The van der Waals surface area contributed by atoms with Crippen molar-refractivity contribution in [2.24, 2.45) is 0 Å². The molecule has 0 aromatic heterocycles. The van der Waals surface area contributed by atoms with Gasteiger partial charge in [0.15, 0.2) is 17.6 Å². The minimum atomic E-state index is -0.401. The number of hydrogen-bond donors (Lipinski definition) is 2. The van der Waals surface area contributed by atoms with Crippen molar-refractivity contribution in [3.63, 3.8) is 0 Å². The van der Waals surface area contributed by atoms with E-state index in [1.807, 2.05) is 19.1 Å². The van der Waals surface area contributed by atoms with Gasteiger partial charge >= 0.3 is 6.09 Å². The SMILES string of the molecule is CCNCc1cc2c(cc1OCC1CNC(=O)O1)OCO2. The Morgan fingerprint density at radius 2 is 2.19 bits per heavy atom. The molecule has 7 nitrogen and oxygen atoms in total. The molecule has 0 aliphatic carbocycles.